The van der Waals surface area contributed by atoms with Crippen molar-refractivity contribution in [1.29, 1.82) is 0 Å². The average molecular weight is 269 g/mol. The van der Waals surface area contributed by atoms with E-state index in [1.807, 2.05) is 50.2 Å². The van der Waals surface area contributed by atoms with Crippen LogP contribution in [0.4, 0.5) is 5.69 Å². The van der Waals surface area contributed by atoms with Crippen molar-refractivity contribution in [1.82, 2.24) is 10.3 Å². The molecule has 0 aliphatic heterocycles. The summed E-state index contributed by atoms with van der Waals surface area (Å²) in [4.78, 5) is 16.3. The van der Waals surface area contributed by atoms with E-state index in [1.54, 1.807) is 12.4 Å². The van der Waals surface area contributed by atoms with Crippen molar-refractivity contribution in [3.8, 4) is 0 Å². The first-order valence-electron chi connectivity index (χ1n) is 6.63. The molecule has 2 aromatic rings. The number of carbonyl (C=O) groups excluding carboxylic acids is 1. The second kappa shape index (κ2) is 6.19. The van der Waals surface area contributed by atoms with Gasteiger partial charge >= 0.3 is 0 Å². The SMILES string of the molecule is CC(NC(=O)C(C)c1cccc(N)c1)c1cccnc1. The quantitative estimate of drug-likeness (QED) is 0.838. The van der Waals surface area contributed by atoms with Crippen LogP contribution >= 0.6 is 0 Å². The van der Waals surface area contributed by atoms with E-state index >= 15 is 0 Å². The van der Waals surface area contributed by atoms with Gasteiger partial charge in [0, 0.05) is 18.1 Å². The molecule has 0 fully saturated rings. The first-order chi connectivity index (χ1) is 9.58. The number of amides is 1. The van der Waals surface area contributed by atoms with Crippen LogP contribution in [0.3, 0.4) is 0 Å². The highest BCUT2D eigenvalue weighted by Gasteiger charge is 2.18. The molecule has 1 aromatic heterocycles. The van der Waals surface area contributed by atoms with Gasteiger partial charge in [-0.1, -0.05) is 18.2 Å². The number of nitrogen functional groups attached to an aromatic ring is 1. The van der Waals surface area contributed by atoms with Crippen molar-refractivity contribution in [2.75, 3.05) is 5.73 Å². The Hall–Kier alpha value is -2.36. The maximum absolute atomic E-state index is 12.3. The van der Waals surface area contributed by atoms with Crippen molar-refractivity contribution in [2.24, 2.45) is 0 Å². The zero-order valence-electron chi connectivity index (χ0n) is 11.7. The number of anilines is 1. The lowest BCUT2D eigenvalue weighted by molar-refractivity contribution is -0.122. The van der Waals surface area contributed by atoms with E-state index in [-0.39, 0.29) is 17.9 Å². The van der Waals surface area contributed by atoms with Crippen LogP contribution < -0.4 is 11.1 Å². The zero-order chi connectivity index (χ0) is 14.5. The van der Waals surface area contributed by atoms with Crippen molar-refractivity contribution in [3.05, 3.63) is 59.9 Å². The Kier molecular flexibility index (Phi) is 4.35. The Morgan fingerprint density at radius 3 is 2.60 bits per heavy atom. The van der Waals surface area contributed by atoms with Gasteiger partial charge in [-0.2, -0.15) is 0 Å². The maximum atomic E-state index is 12.3. The third-order valence-electron chi connectivity index (χ3n) is 3.35. The molecule has 1 heterocycles. The highest BCUT2D eigenvalue weighted by molar-refractivity contribution is 5.83. The van der Waals surface area contributed by atoms with E-state index in [0.717, 1.165) is 11.1 Å². The van der Waals surface area contributed by atoms with Crippen LogP contribution in [0.1, 0.15) is 36.9 Å². The topological polar surface area (TPSA) is 68.0 Å². The molecule has 0 saturated carbocycles. The van der Waals surface area contributed by atoms with Gasteiger partial charge in [-0.05, 0) is 43.2 Å². The van der Waals surface area contributed by atoms with Gasteiger partial charge in [-0.25, -0.2) is 0 Å². The minimum absolute atomic E-state index is 0.0213. The number of nitrogens with two attached hydrogens (primary N) is 1. The van der Waals surface area contributed by atoms with E-state index in [0.29, 0.717) is 5.69 Å². The molecular formula is C16H19N3O. The molecule has 0 bridgehead atoms. The average Bonchev–Trinajstić information content (AvgIpc) is 2.47. The molecule has 0 aliphatic rings. The molecular weight excluding hydrogens is 250 g/mol. The summed E-state index contributed by atoms with van der Waals surface area (Å²) in [5.74, 6) is -0.260. The summed E-state index contributed by atoms with van der Waals surface area (Å²) in [5.41, 5.74) is 8.32. The van der Waals surface area contributed by atoms with Crippen molar-refractivity contribution in [2.45, 2.75) is 25.8 Å². The van der Waals surface area contributed by atoms with Crippen LogP contribution in [0.5, 0.6) is 0 Å². The lowest BCUT2D eigenvalue weighted by Crippen LogP contribution is -2.30. The van der Waals surface area contributed by atoms with Gasteiger partial charge in [0.15, 0.2) is 0 Å². The minimum atomic E-state index is -0.238. The zero-order valence-corrected chi connectivity index (χ0v) is 11.7. The Balaban J connectivity index is 2.05. The molecule has 20 heavy (non-hydrogen) atoms. The predicted molar refractivity (Wildman–Crippen MR) is 80.1 cm³/mol. The Labute approximate surface area is 119 Å². The summed E-state index contributed by atoms with van der Waals surface area (Å²) in [6.07, 6.45) is 3.48. The smallest absolute Gasteiger partial charge is 0.227 e. The number of pyridine rings is 1. The van der Waals surface area contributed by atoms with E-state index in [9.17, 15) is 4.79 Å². The molecule has 104 valence electrons. The van der Waals surface area contributed by atoms with Crippen LogP contribution in [0, 0.1) is 0 Å². The lowest BCUT2D eigenvalue weighted by atomic mass is 9.99. The third kappa shape index (κ3) is 3.35. The number of nitrogens with one attached hydrogen (secondary N) is 1. The monoisotopic (exact) mass is 269 g/mol. The Morgan fingerprint density at radius 1 is 1.20 bits per heavy atom. The second-order valence-electron chi connectivity index (χ2n) is 4.91. The first kappa shape index (κ1) is 14.1. The third-order valence-corrected chi connectivity index (χ3v) is 3.35. The molecule has 1 amide bonds. The minimum Gasteiger partial charge on any atom is -0.399 e. The molecule has 2 rings (SSSR count). The second-order valence-corrected chi connectivity index (χ2v) is 4.91. The fourth-order valence-corrected chi connectivity index (χ4v) is 2.03. The van der Waals surface area contributed by atoms with E-state index in [4.69, 9.17) is 5.73 Å². The van der Waals surface area contributed by atoms with Crippen LogP contribution in [0.15, 0.2) is 48.8 Å². The molecule has 4 nitrogen and oxygen atoms in total. The van der Waals surface area contributed by atoms with E-state index < -0.39 is 0 Å². The first-order valence-corrected chi connectivity index (χ1v) is 6.63. The molecule has 2 atom stereocenters. The normalized spacial score (nSPS) is 13.5. The van der Waals surface area contributed by atoms with Crippen molar-refractivity contribution in [3.63, 3.8) is 0 Å². The van der Waals surface area contributed by atoms with E-state index in [2.05, 4.69) is 10.3 Å². The number of hydrogen-bond donors (Lipinski definition) is 2. The highest BCUT2D eigenvalue weighted by Crippen LogP contribution is 2.19. The van der Waals surface area contributed by atoms with Gasteiger partial charge in [0.1, 0.15) is 0 Å². The van der Waals surface area contributed by atoms with Gasteiger partial charge in [-0.15, -0.1) is 0 Å². The highest BCUT2D eigenvalue weighted by atomic mass is 16.1. The fourth-order valence-electron chi connectivity index (χ4n) is 2.03. The summed E-state index contributed by atoms with van der Waals surface area (Å²) in [6.45, 7) is 3.82. The molecule has 0 radical (unpaired) electrons. The maximum Gasteiger partial charge on any atom is 0.227 e. The van der Waals surface area contributed by atoms with Gasteiger partial charge in [0.25, 0.3) is 0 Å². The molecule has 0 saturated heterocycles. The Morgan fingerprint density at radius 2 is 1.95 bits per heavy atom. The molecule has 0 spiro atoms. The largest absolute Gasteiger partial charge is 0.399 e. The van der Waals surface area contributed by atoms with E-state index in [1.165, 1.54) is 0 Å². The number of carbonyl (C=O) groups is 1. The Bertz CT molecular complexity index is 583. The summed E-state index contributed by atoms with van der Waals surface area (Å²) in [5, 5.41) is 2.99. The summed E-state index contributed by atoms with van der Waals surface area (Å²) < 4.78 is 0. The van der Waals surface area contributed by atoms with Gasteiger partial charge < -0.3 is 11.1 Å². The number of benzene rings is 1. The number of aromatic nitrogens is 1. The summed E-state index contributed by atoms with van der Waals surface area (Å²) in [7, 11) is 0. The molecule has 0 aliphatic carbocycles. The number of rotatable bonds is 4. The molecule has 2 unspecified atom stereocenters. The standard InChI is InChI=1S/C16H19N3O/c1-11(13-5-3-7-15(17)9-13)16(20)19-12(2)14-6-4-8-18-10-14/h3-12H,17H2,1-2H3,(H,19,20). The lowest BCUT2D eigenvalue weighted by Gasteiger charge is -2.18. The van der Waals surface area contributed by atoms with Crippen LogP contribution in [-0.2, 0) is 4.79 Å². The molecule has 4 heteroatoms. The van der Waals surface area contributed by atoms with Gasteiger partial charge in [0.2, 0.25) is 5.91 Å². The summed E-state index contributed by atoms with van der Waals surface area (Å²) in [6, 6.07) is 11.2. The predicted octanol–water partition coefficient (Wildman–Crippen LogP) is 2.64. The fraction of sp³-hybridized carbons (Fsp3) is 0.250. The van der Waals surface area contributed by atoms with Crippen LogP contribution in [0.25, 0.3) is 0 Å². The number of nitrogens with zero attached hydrogens (tertiary/aromatic N) is 1. The van der Waals surface area contributed by atoms with Gasteiger partial charge in [-0.3, -0.25) is 9.78 Å². The van der Waals surface area contributed by atoms with Crippen LogP contribution in [0.2, 0.25) is 0 Å². The van der Waals surface area contributed by atoms with Gasteiger partial charge in [0.05, 0.1) is 12.0 Å². The molecule has 3 N–H and O–H groups in total. The van der Waals surface area contributed by atoms with Crippen LogP contribution in [-0.4, -0.2) is 10.9 Å². The van der Waals surface area contributed by atoms with Crippen molar-refractivity contribution < 1.29 is 4.79 Å². The van der Waals surface area contributed by atoms with Crippen molar-refractivity contribution >= 4 is 11.6 Å². The number of hydrogen-bond acceptors (Lipinski definition) is 3. The summed E-state index contributed by atoms with van der Waals surface area (Å²) >= 11 is 0. The molecule has 1 aromatic carbocycles.